The minimum Gasteiger partial charge on any atom is -0.466 e. The van der Waals surface area contributed by atoms with E-state index in [1.165, 1.54) is 0 Å². The van der Waals surface area contributed by atoms with Crippen LogP contribution in [0.3, 0.4) is 0 Å². The summed E-state index contributed by atoms with van der Waals surface area (Å²) in [6, 6.07) is 13.1. The van der Waals surface area contributed by atoms with Crippen molar-refractivity contribution in [3.8, 4) is 0 Å². The maximum absolute atomic E-state index is 7.99. The highest BCUT2D eigenvalue weighted by atomic mass is 16.3. The van der Waals surface area contributed by atoms with Crippen molar-refractivity contribution >= 4 is 0 Å². The van der Waals surface area contributed by atoms with Gasteiger partial charge in [0.05, 0.1) is 0 Å². The number of aryl methyl sites for hydroxylation is 3. The molecule has 0 radical (unpaired) electrons. The topological polar surface area (TPSA) is 13.1 Å². The second-order valence-corrected chi connectivity index (χ2v) is 3.25. The van der Waals surface area contributed by atoms with E-state index < -0.39 is 6.37 Å². The van der Waals surface area contributed by atoms with Crippen molar-refractivity contribution in [1.29, 1.82) is 0 Å². The van der Waals surface area contributed by atoms with Crippen molar-refractivity contribution in [2.24, 2.45) is 0 Å². The lowest BCUT2D eigenvalue weighted by molar-refractivity contribution is 0.482. The molecule has 72 valence electrons. The smallest absolute Gasteiger partial charge is 0.104 e. The summed E-state index contributed by atoms with van der Waals surface area (Å²) in [5.41, 5.74) is 0.974. The van der Waals surface area contributed by atoms with Gasteiger partial charge in [-0.1, -0.05) is 30.3 Å². The van der Waals surface area contributed by atoms with Crippen LogP contribution in [-0.4, -0.2) is 0 Å². The molecule has 2 rings (SSSR count). The minimum atomic E-state index is -1.45. The highest BCUT2D eigenvalue weighted by Crippen LogP contribution is 2.10. The first kappa shape index (κ1) is 6.88. The van der Waals surface area contributed by atoms with Gasteiger partial charge in [-0.3, -0.25) is 0 Å². The molecule has 1 heterocycles. The van der Waals surface area contributed by atoms with E-state index in [1.54, 1.807) is 12.1 Å². The van der Waals surface area contributed by atoms with E-state index in [9.17, 15) is 0 Å². The second-order valence-electron chi connectivity index (χ2n) is 3.25. The molecule has 0 amide bonds. The van der Waals surface area contributed by atoms with Crippen LogP contribution in [-0.2, 0) is 12.8 Å². The molecule has 0 bridgehead atoms. The maximum atomic E-state index is 7.99. The maximum Gasteiger partial charge on any atom is 0.104 e. The molecule has 14 heavy (non-hydrogen) atoms. The van der Waals surface area contributed by atoms with Crippen LogP contribution in [0.4, 0.5) is 0 Å². The lowest BCUT2D eigenvalue weighted by Crippen LogP contribution is -1.88. The predicted molar refractivity (Wildman–Crippen MR) is 57.3 cm³/mol. The molecule has 0 aliphatic carbocycles. The van der Waals surface area contributed by atoms with Gasteiger partial charge in [-0.05, 0) is 31.0 Å². The molecule has 0 aliphatic heterocycles. The fraction of sp³-hybridized carbons (Fsp3) is 0.231. The first-order valence-corrected chi connectivity index (χ1v) is 4.69. The first-order chi connectivity index (χ1) is 7.58. The summed E-state index contributed by atoms with van der Waals surface area (Å²) >= 11 is 0. The van der Waals surface area contributed by atoms with Crippen LogP contribution >= 0.6 is 0 Å². The zero-order valence-electron chi connectivity index (χ0n) is 10.2. The van der Waals surface area contributed by atoms with Crippen molar-refractivity contribution in [2.75, 3.05) is 0 Å². The molecule has 0 atom stereocenters. The zero-order chi connectivity index (χ0) is 11.6. The highest BCUT2D eigenvalue weighted by Gasteiger charge is 1.98. The van der Waals surface area contributed by atoms with E-state index in [0.29, 0.717) is 12.2 Å². The molecule has 1 heteroatoms. The number of benzene rings is 1. The SMILES string of the molecule is [2H]C([2H])(Cc1ccccc1)c1ccc(C)o1. The van der Waals surface area contributed by atoms with Crippen molar-refractivity contribution in [1.82, 2.24) is 0 Å². The molecule has 1 aromatic heterocycles. The van der Waals surface area contributed by atoms with Gasteiger partial charge in [0.2, 0.25) is 0 Å². The zero-order valence-corrected chi connectivity index (χ0v) is 8.16. The Labute approximate surface area is 87.2 Å². The Kier molecular flexibility index (Phi) is 2.03. The fourth-order valence-electron chi connectivity index (χ4n) is 1.31. The summed E-state index contributed by atoms with van der Waals surface area (Å²) in [6.45, 7) is 1.82. The van der Waals surface area contributed by atoms with E-state index in [0.717, 1.165) is 11.3 Å². The molecule has 0 spiro atoms. The molecular formula is C13H14O. The number of rotatable bonds is 3. The Bertz CT molecular complexity index is 460. The average Bonchev–Trinajstić information content (AvgIpc) is 2.66. The van der Waals surface area contributed by atoms with Gasteiger partial charge in [-0.15, -0.1) is 0 Å². The van der Waals surface area contributed by atoms with Crippen LogP contribution in [0, 0.1) is 6.92 Å². The van der Waals surface area contributed by atoms with Gasteiger partial charge < -0.3 is 4.42 Å². The van der Waals surface area contributed by atoms with E-state index in [2.05, 4.69) is 0 Å². The highest BCUT2D eigenvalue weighted by molar-refractivity contribution is 5.16. The second kappa shape index (κ2) is 4.14. The van der Waals surface area contributed by atoms with E-state index in [1.807, 2.05) is 37.3 Å². The summed E-state index contributed by atoms with van der Waals surface area (Å²) in [6.07, 6.45) is -1.11. The Morgan fingerprint density at radius 2 is 1.93 bits per heavy atom. The fourth-order valence-corrected chi connectivity index (χ4v) is 1.31. The Morgan fingerprint density at radius 3 is 2.57 bits per heavy atom. The van der Waals surface area contributed by atoms with Gasteiger partial charge in [0.15, 0.2) is 0 Å². The summed E-state index contributed by atoms with van der Waals surface area (Å²) < 4.78 is 21.3. The molecule has 0 fully saturated rings. The van der Waals surface area contributed by atoms with E-state index >= 15 is 0 Å². The van der Waals surface area contributed by atoms with Crippen molar-refractivity contribution in [2.45, 2.75) is 19.7 Å². The van der Waals surface area contributed by atoms with Crippen molar-refractivity contribution in [3.63, 3.8) is 0 Å². The van der Waals surface area contributed by atoms with Gasteiger partial charge >= 0.3 is 0 Å². The molecule has 1 nitrogen and oxygen atoms in total. The Hall–Kier alpha value is -1.50. The summed E-state index contributed by atoms with van der Waals surface area (Å²) in [7, 11) is 0. The largest absolute Gasteiger partial charge is 0.466 e. The molecule has 0 saturated carbocycles. The Balaban J connectivity index is 2.20. The van der Waals surface area contributed by atoms with Crippen LogP contribution in [0.1, 0.15) is 19.8 Å². The van der Waals surface area contributed by atoms with E-state index in [4.69, 9.17) is 7.16 Å². The van der Waals surface area contributed by atoms with Crippen LogP contribution in [0.25, 0.3) is 0 Å². The molecule has 0 N–H and O–H groups in total. The van der Waals surface area contributed by atoms with E-state index in [-0.39, 0.29) is 0 Å². The average molecular weight is 188 g/mol. The van der Waals surface area contributed by atoms with Gasteiger partial charge in [-0.2, -0.15) is 0 Å². The third-order valence-electron chi connectivity index (χ3n) is 2.05. The number of hydrogen-bond acceptors (Lipinski definition) is 1. The predicted octanol–water partition coefficient (Wildman–Crippen LogP) is 3.37. The third-order valence-corrected chi connectivity index (χ3v) is 2.05. The summed E-state index contributed by atoms with van der Waals surface area (Å²) in [5, 5.41) is 0. The molecule has 1 aromatic carbocycles. The van der Waals surface area contributed by atoms with Gasteiger partial charge in [-0.25, -0.2) is 0 Å². The molecule has 0 saturated heterocycles. The lowest BCUT2D eigenvalue weighted by atomic mass is 10.1. The van der Waals surface area contributed by atoms with Crippen molar-refractivity contribution in [3.05, 3.63) is 59.5 Å². The monoisotopic (exact) mass is 188 g/mol. The summed E-state index contributed by atoms with van der Waals surface area (Å²) in [4.78, 5) is 0. The normalized spacial score (nSPS) is 13.5. The standard InChI is InChI=1S/C13H14O/c1-11-7-9-13(14-11)10-8-12-5-3-2-4-6-12/h2-7,9H,8,10H2,1H3/i10D2. The third kappa shape index (κ3) is 2.25. The van der Waals surface area contributed by atoms with Gasteiger partial charge in [0.1, 0.15) is 11.5 Å². The lowest BCUT2D eigenvalue weighted by Gasteiger charge is -1.98. The molecule has 2 aromatic rings. The molecule has 0 aliphatic rings. The van der Waals surface area contributed by atoms with Crippen molar-refractivity contribution < 1.29 is 7.16 Å². The first-order valence-electron chi connectivity index (χ1n) is 5.69. The number of furan rings is 1. The quantitative estimate of drug-likeness (QED) is 0.719. The van der Waals surface area contributed by atoms with Crippen LogP contribution < -0.4 is 0 Å². The van der Waals surface area contributed by atoms with Crippen LogP contribution in [0.5, 0.6) is 0 Å². The summed E-state index contributed by atoms with van der Waals surface area (Å²) in [5.74, 6) is 1.14. The number of hydrogen-bond donors (Lipinski definition) is 0. The molecular weight excluding hydrogens is 172 g/mol. The van der Waals surface area contributed by atoms with Gasteiger partial charge in [0, 0.05) is 9.11 Å². The van der Waals surface area contributed by atoms with Crippen LogP contribution in [0.2, 0.25) is 0 Å². The Morgan fingerprint density at radius 1 is 1.14 bits per heavy atom. The minimum absolute atomic E-state index is 0.334. The van der Waals surface area contributed by atoms with Gasteiger partial charge in [0.25, 0.3) is 0 Å². The molecule has 0 unspecified atom stereocenters. The van der Waals surface area contributed by atoms with Crippen LogP contribution in [0.15, 0.2) is 46.9 Å².